The van der Waals surface area contributed by atoms with Crippen molar-refractivity contribution in [2.45, 2.75) is 12.8 Å². The second-order valence-electron chi connectivity index (χ2n) is 6.11. The van der Waals surface area contributed by atoms with E-state index in [1.54, 1.807) is 7.11 Å². The number of nitrogens with one attached hydrogen (secondary N) is 2. The minimum atomic E-state index is -0.464. The van der Waals surface area contributed by atoms with Crippen LogP contribution in [0, 0.1) is 0 Å². The molecule has 0 bridgehead atoms. The van der Waals surface area contributed by atoms with Crippen molar-refractivity contribution in [1.82, 2.24) is 10.3 Å². The zero-order valence-electron chi connectivity index (χ0n) is 15.4. The Morgan fingerprint density at radius 1 is 1.04 bits per heavy atom. The Kier molecular flexibility index (Phi) is 5.76. The second kappa shape index (κ2) is 8.40. The maximum atomic E-state index is 12.1. The number of aromatic nitrogens is 1. The van der Waals surface area contributed by atoms with E-state index in [0.29, 0.717) is 6.42 Å². The van der Waals surface area contributed by atoms with Gasteiger partial charge in [-0.2, -0.15) is 0 Å². The molecular formula is C21H22N2O4. The normalized spacial score (nSPS) is 10.6. The van der Waals surface area contributed by atoms with Crippen LogP contribution in [-0.4, -0.2) is 37.6 Å². The lowest BCUT2D eigenvalue weighted by atomic mass is 10.0. The van der Waals surface area contributed by atoms with Gasteiger partial charge in [0.2, 0.25) is 5.91 Å². The molecule has 3 rings (SSSR count). The number of hydrogen-bond acceptors (Lipinski definition) is 4. The SMILES string of the molecule is COC(=O)CNC(=O)CCc1c(-c2ccc(OC)cc2)[nH]c2ccccc12. The van der Waals surface area contributed by atoms with Crippen LogP contribution in [0.3, 0.4) is 0 Å². The topological polar surface area (TPSA) is 80.4 Å². The smallest absolute Gasteiger partial charge is 0.325 e. The number of fused-ring (bicyclic) bond motifs is 1. The molecule has 27 heavy (non-hydrogen) atoms. The predicted molar refractivity (Wildman–Crippen MR) is 104 cm³/mol. The molecule has 1 amide bonds. The standard InChI is InChI=1S/C21H22N2O4/c1-26-15-9-7-14(8-10-15)21-17(16-5-3-4-6-18(16)23-21)11-12-19(24)22-13-20(25)27-2/h3-10,23H,11-13H2,1-2H3,(H,22,24). The van der Waals surface area contributed by atoms with Gasteiger partial charge in [0.05, 0.1) is 14.2 Å². The van der Waals surface area contributed by atoms with Crippen molar-refractivity contribution in [3.05, 3.63) is 54.1 Å². The zero-order valence-corrected chi connectivity index (χ0v) is 15.4. The molecule has 2 aromatic carbocycles. The Labute approximate surface area is 157 Å². The van der Waals surface area contributed by atoms with Crippen LogP contribution in [-0.2, 0) is 20.7 Å². The Hall–Kier alpha value is -3.28. The van der Waals surface area contributed by atoms with E-state index in [0.717, 1.165) is 33.5 Å². The molecule has 0 aliphatic carbocycles. The number of amides is 1. The van der Waals surface area contributed by atoms with Crippen molar-refractivity contribution in [3.8, 4) is 17.0 Å². The number of aryl methyl sites for hydroxylation is 1. The third kappa shape index (κ3) is 4.28. The number of H-pyrrole nitrogens is 1. The Balaban J connectivity index is 1.84. The van der Waals surface area contributed by atoms with Crippen molar-refractivity contribution in [2.24, 2.45) is 0 Å². The quantitative estimate of drug-likeness (QED) is 0.630. The maximum absolute atomic E-state index is 12.1. The lowest BCUT2D eigenvalue weighted by Gasteiger charge is -2.07. The lowest BCUT2D eigenvalue weighted by molar-refractivity contribution is -0.141. The van der Waals surface area contributed by atoms with Gasteiger partial charge in [-0.05, 0) is 47.9 Å². The summed E-state index contributed by atoms with van der Waals surface area (Å²) in [5, 5.41) is 3.67. The fraction of sp³-hybridized carbons (Fsp3) is 0.238. The number of methoxy groups -OCH3 is 2. The summed E-state index contributed by atoms with van der Waals surface area (Å²) in [5.74, 6) is 0.138. The van der Waals surface area contributed by atoms with E-state index in [1.165, 1.54) is 7.11 Å². The number of ether oxygens (including phenoxy) is 2. The molecule has 6 heteroatoms. The molecule has 2 N–H and O–H groups in total. The number of para-hydroxylation sites is 1. The highest BCUT2D eigenvalue weighted by Crippen LogP contribution is 2.32. The van der Waals surface area contributed by atoms with Gasteiger partial charge >= 0.3 is 5.97 Å². The summed E-state index contributed by atoms with van der Waals surface area (Å²) < 4.78 is 9.76. The monoisotopic (exact) mass is 366 g/mol. The molecule has 1 heterocycles. The molecule has 0 spiro atoms. The fourth-order valence-corrected chi connectivity index (χ4v) is 3.03. The van der Waals surface area contributed by atoms with Crippen molar-refractivity contribution >= 4 is 22.8 Å². The molecule has 0 saturated heterocycles. The van der Waals surface area contributed by atoms with Crippen molar-refractivity contribution in [1.29, 1.82) is 0 Å². The summed E-state index contributed by atoms with van der Waals surface area (Å²) in [6.07, 6.45) is 0.834. The van der Waals surface area contributed by atoms with E-state index < -0.39 is 5.97 Å². The van der Waals surface area contributed by atoms with Crippen LogP contribution in [0.4, 0.5) is 0 Å². The van der Waals surface area contributed by atoms with E-state index in [1.807, 2.05) is 48.5 Å². The van der Waals surface area contributed by atoms with E-state index in [9.17, 15) is 9.59 Å². The first-order chi connectivity index (χ1) is 13.1. The average Bonchev–Trinajstić information content (AvgIpc) is 3.09. The van der Waals surface area contributed by atoms with Gasteiger partial charge in [0.25, 0.3) is 0 Å². The van der Waals surface area contributed by atoms with Crippen LogP contribution in [0.5, 0.6) is 5.75 Å². The van der Waals surface area contributed by atoms with Crippen molar-refractivity contribution < 1.29 is 19.1 Å². The fourth-order valence-electron chi connectivity index (χ4n) is 3.03. The van der Waals surface area contributed by atoms with Gasteiger partial charge in [-0.3, -0.25) is 9.59 Å². The third-order valence-electron chi connectivity index (χ3n) is 4.45. The highest BCUT2D eigenvalue weighted by Gasteiger charge is 2.15. The lowest BCUT2D eigenvalue weighted by Crippen LogP contribution is -2.30. The molecule has 0 saturated carbocycles. The molecule has 1 aromatic heterocycles. The van der Waals surface area contributed by atoms with Crippen LogP contribution in [0.25, 0.3) is 22.2 Å². The summed E-state index contributed by atoms with van der Waals surface area (Å²) in [6, 6.07) is 15.8. The second-order valence-corrected chi connectivity index (χ2v) is 6.11. The van der Waals surface area contributed by atoms with Crippen LogP contribution in [0.15, 0.2) is 48.5 Å². The number of esters is 1. The summed E-state index contributed by atoms with van der Waals surface area (Å²) in [6.45, 7) is -0.117. The van der Waals surface area contributed by atoms with E-state index in [4.69, 9.17) is 4.74 Å². The van der Waals surface area contributed by atoms with E-state index >= 15 is 0 Å². The largest absolute Gasteiger partial charge is 0.497 e. The van der Waals surface area contributed by atoms with Crippen LogP contribution in [0.1, 0.15) is 12.0 Å². The Bertz CT molecular complexity index is 944. The summed E-state index contributed by atoms with van der Waals surface area (Å²) in [5.41, 5.74) is 4.11. The number of hydrogen-bond donors (Lipinski definition) is 2. The number of benzene rings is 2. The van der Waals surface area contributed by atoms with Crippen molar-refractivity contribution in [2.75, 3.05) is 20.8 Å². The summed E-state index contributed by atoms with van der Waals surface area (Å²) in [4.78, 5) is 26.7. The number of rotatable bonds is 7. The molecule has 0 aliphatic heterocycles. The van der Waals surface area contributed by atoms with Gasteiger partial charge in [0.15, 0.2) is 0 Å². The average molecular weight is 366 g/mol. The first-order valence-corrected chi connectivity index (χ1v) is 8.70. The molecular weight excluding hydrogens is 344 g/mol. The first kappa shape index (κ1) is 18.5. The number of carbonyl (C=O) groups is 2. The summed E-state index contributed by atoms with van der Waals surface area (Å²) >= 11 is 0. The molecule has 6 nitrogen and oxygen atoms in total. The molecule has 0 atom stereocenters. The predicted octanol–water partition coefficient (Wildman–Crippen LogP) is 3.07. The van der Waals surface area contributed by atoms with Crippen LogP contribution < -0.4 is 10.1 Å². The van der Waals surface area contributed by atoms with Gasteiger partial charge in [0.1, 0.15) is 12.3 Å². The maximum Gasteiger partial charge on any atom is 0.325 e. The van der Waals surface area contributed by atoms with E-state index in [-0.39, 0.29) is 18.9 Å². The molecule has 3 aromatic rings. The molecule has 140 valence electrons. The third-order valence-corrected chi connectivity index (χ3v) is 4.45. The minimum absolute atomic E-state index is 0.117. The van der Waals surface area contributed by atoms with Gasteiger partial charge in [-0.1, -0.05) is 18.2 Å². The molecule has 0 radical (unpaired) electrons. The van der Waals surface area contributed by atoms with Gasteiger partial charge < -0.3 is 19.8 Å². The van der Waals surface area contributed by atoms with Crippen molar-refractivity contribution in [3.63, 3.8) is 0 Å². The number of aromatic amines is 1. The molecule has 0 aliphatic rings. The highest BCUT2D eigenvalue weighted by atomic mass is 16.5. The Morgan fingerprint density at radius 3 is 2.48 bits per heavy atom. The van der Waals surface area contributed by atoms with Crippen LogP contribution in [0.2, 0.25) is 0 Å². The first-order valence-electron chi connectivity index (χ1n) is 8.70. The summed E-state index contributed by atoms with van der Waals surface area (Å²) in [7, 11) is 2.93. The minimum Gasteiger partial charge on any atom is -0.497 e. The Morgan fingerprint density at radius 2 is 1.78 bits per heavy atom. The highest BCUT2D eigenvalue weighted by molar-refractivity contribution is 5.91. The van der Waals surface area contributed by atoms with E-state index in [2.05, 4.69) is 15.0 Å². The zero-order chi connectivity index (χ0) is 19.2. The van der Waals surface area contributed by atoms with Gasteiger partial charge in [-0.15, -0.1) is 0 Å². The number of carbonyl (C=O) groups excluding carboxylic acids is 2. The molecule has 0 fully saturated rings. The van der Waals surface area contributed by atoms with Gasteiger partial charge in [0, 0.05) is 23.0 Å². The van der Waals surface area contributed by atoms with Gasteiger partial charge in [-0.25, -0.2) is 0 Å². The van der Waals surface area contributed by atoms with Crippen LogP contribution >= 0.6 is 0 Å². The molecule has 0 unspecified atom stereocenters.